The number of aromatic nitrogens is 1. The fourth-order valence-electron chi connectivity index (χ4n) is 2.06. The predicted molar refractivity (Wildman–Crippen MR) is 90.4 cm³/mol. The van der Waals surface area contributed by atoms with Gasteiger partial charge in [0.15, 0.2) is 12.7 Å². The SMILES string of the molecule is O=P([O-])(Oc1cccc(Cl)c1)Oc1cccc(C[n+]2ccsc2)c1. The van der Waals surface area contributed by atoms with Gasteiger partial charge in [-0.25, -0.2) is 4.57 Å². The van der Waals surface area contributed by atoms with Crippen LogP contribution in [0.4, 0.5) is 0 Å². The third-order valence-corrected chi connectivity index (χ3v) is 4.80. The Bertz CT molecular complexity index is 872. The summed E-state index contributed by atoms with van der Waals surface area (Å²) in [6.45, 7) is 0.624. The first kappa shape index (κ1) is 17.0. The molecule has 1 heterocycles. The van der Waals surface area contributed by atoms with Crippen LogP contribution in [0.1, 0.15) is 5.56 Å². The third-order valence-electron chi connectivity index (χ3n) is 3.02. The Labute approximate surface area is 148 Å². The van der Waals surface area contributed by atoms with Crippen LogP contribution in [-0.2, 0) is 11.1 Å². The Morgan fingerprint density at radius 2 is 1.83 bits per heavy atom. The second-order valence-corrected chi connectivity index (χ2v) is 7.38. The van der Waals surface area contributed by atoms with Crippen molar-refractivity contribution < 1.29 is 23.1 Å². The van der Waals surface area contributed by atoms with Crippen molar-refractivity contribution in [2.75, 3.05) is 0 Å². The van der Waals surface area contributed by atoms with Gasteiger partial charge in [0.1, 0.15) is 11.5 Å². The highest BCUT2D eigenvalue weighted by Gasteiger charge is 2.14. The van der Waals surface area contributed by atoms with Crippen molar-refractivity contribution in [2.24, 2.45) is 0 Å². The van der Waals surface area contributed by atoms with Gasteiger partial charge in [0.2, 0.25) is 5.51 Å². The van der Waals surface area contributed by atoms with Crippen LogP contribution < -0.4 is 18.5 Å². The van der Waals surface area contributed by atoms with Crippen molar-refractivity contribution in [1.29, 1.82) is 0 Å². The Morgan fingerprint density at radius 3 is 2.50 bits per heavy atom. The summed E-state index contributed by atoms with van der Waals surface area (Å²) < 4.78 is 24.0. The summed E-state index contributed by atoms with van der Waals surface area (Å²) in [5.74, 6) is 0.300. The molecule has 0 spiro atoms. The summed E-state index contributed by atoms with van der Waals surface area (Å²) in [4.78, 5) is 12.0. The van der Waals surface area contributed by atoms with Crippen LogP contribution >= 0.6 is 30.8 Å². The van der Waals surface area contributed by atoms with Crippen LogP contribution in [0.3, 0.4) is 0 Å². The number of hydrogen-bond acceptors (Lipinski definition) is 5. The summed E-state index contributed by atoms with van der Waals surface area (Å²) in [6, 6.07) is 13.0. The zero-order chi connectivity index (χ0) is 17.0. The van der Waals surface area contributed by atoms with E-state index in [0.717, 1.165) is 5.56 Å². The van der Waals surface area contributed by atoms with E-state index in [9.17, 15) is 9.46 Å². The van der Waals surface area contributed by atoms with Crippen molar-refractivity contribution in [1.82, 2.24) is 0 Å². The molecule has 8 heteroatoms. The normalized spacial score (nSPS) is 13.2. The number of halogens is 1. The number of rotatable bonds is 6. The first-order valence-corrected chi connectivity index (χ1v) is 9.74. The first-order chi connectivity index (χ1) is 11.5. The molecule has 2 aromatic carbocycles. The lowest BCUT2D eigenvalue weighted by Crippen LogP contribution is -2.30. The molecule has 0 amide bonds. The van der Waals surface area contributed by atoms with Gasteiger partial charge in [0.05, 0.1) is 5.38 Å². The van der Waals surface area contributed by atoms with Gasteiger partial charge in [0.25, 0.3) is 0 Å². The maximum atomic E-state index is 12.0. The summed E-state index contributed by atoms with van der Waals surface area (Å²) in [6.07, 6.45) is 1.94. The van der Waals surface area contributed by atoms with Gasteiger partial charge in [-0.3, -0.25) is 0 Å². The summed E-state index contributed by atoms with van der Waals surface area (Å²) in [7, 11) is -4.56. The van der Waals surface area contributed by atoms with Crippen LogP contribution in [-0.4, -0.2) is 0 Å². The van der Waals surface area contributed by atoms with E-state index in [0.29, 0.717) is 11.6 Å². The Balaban J connectivity index is 1.71. The van der Waals surface area contributed by atoms with Gasteiger partial charge in [-0.05, 0) is 30.3 Å². The maximum absolute atomic E-state index is 12.0. The minimum Gasteiger partial charge on any atom is -0.736 e. The average Bonchev–Trinajstić information content (AvgIpc) is 2.99. The minimum absolute atomic E-state index is 0.103. The fraction of sp³-hybridized carbons (Fsp3) is 0.0625. The smallest absolute Gasteiger partial charge is 0.372 e. The van der Waals surface area contributed by atoms with Crippen LogP contribution in [0.15, 0.2) is 65.6 Å². The lowest BCUT2D eigenvalue weighted by atomic mass is 10.2. The molecule has 0 radical (unpaired) electrons. The van der Waals surface area contributed by atoms with Crippen molar-refractivity contribution >= 4 is 30.8 Å². The van der Waals surface area contributed by atoms with Gasteiger partial charge < -0.3 is 13.9 Å². The lowest BCUT2D eigenvalue weighted by Gasteiger charge is -2.23. The monoisotopic (exact) mass is 381 g/mol. The van der Waals surface area contributed by atoms with Crippen LogP contribution in [0, 0.1) is 0 Å². The van der Waals surface area contributed by atoms with Crippen molar-refractivity contribution in [3.63, 3.8) is 0 Å². The van der Waals surface area contributed by atoms with E-state index in [-0.39, 0.29) is 11.5 Å². The molecule has 0 aliphatic carbocycles. The molecular formula is C16H13ClNO4PS. The molecule has 124 valence electrons. The largest absolute Gasteiger partial charge is 0.736 e. The molecule has 1 unspecified atom stereocenters. The number of phosphoric ester groups is 1. The number of hydrogen-bond donors (Lipinski definition) is 0. The molecule has 1 atom stereocenters. The predicted octanol–water partition coefficient (Wildman–Crippen LogP) is 3.66. The van der Waals surface area contributed by atoms with Crippen LogP contribution in [0.5, 0.6) is 11.5 Å². The standard InChI is InChI=1S/C16H13ClNO4PS/c17-14-4-2-6-16(10-14)22-23(19,20)21-15-5-1-3-13(9-15)11-18-7-8-24-12-18/h1-10,12H,11H2. The van der Waals surface area contributed by atoms with Gasteiger partial charge in [-0.1, -0.05) is 41.1 Å². The fourth-order valence-corrected chi connectivity index (χ4v) is 3.62. The topological polar surface area (TPSA) is 62.5 Å². The van der Waals surface area contributed by atoms with E-state index < -0.39 is 7.82 Å². The number of thiazole rings is 1. The Hall–Kier alpha value is -1.85. The quantitative estimate of drug-likeness (QED) is 0.483. The van der Waals surface area contributed by atoms with Crippen molar-refractivity contribution in [2.45, 2.75) is 6.54 Å². The number of nitrogens with zero attached hydrogens (tertiary/aromatic N) is 1. The molecule has 0 bridgehead atoms. The summed E-state index contributed by atoms with van der Waals surface area (Å²) >= 11 is 7.39. The van der Waals surface area contributed by atoms with E-state index in [1.54, 1.807) is 41.7 Å². The second-order valence-electron chi connectivity index (χ2n) is 4.93. The van der Waals surface area contributed by atoms with E-state index in [1.165, 1.54) is 12.1 Å². The molecule has 0 aliphatic rings. The minimum atomic E-state index is -4.56. The van der Waals surface area contributed by atoms with Gasteiger partial charge in [-0.2, -0.15) is 4.57 Å². The zero-order valence-electron chi connectivity index (χ0n) is 12.4. The lowest BCUT2D eigenvalue weighted by molar-refractivity contribution is -0.683. The van der Waals surface area contributed by atoms with Gasteiger partial charge in [0, 0.05) is 10.6 Å². The van der Waals surface area contributed by atoms with E-state index in [4.69, 9.17) is 20.6 Å². The molecule has 0 N–H and O–H groups in total. The van der Waals surface area contributed by atoms with E-state index >= 15 is 0 Å². The Kier molecular flexibility index (Phi) is 5.21. The zero-order valence-corrected chi connectivity index (χ0v) is 14.8. The van der Waals surface area contributed by atoms with Crippen molar-refractivity contribution in [3.8, 4) is 11.5 Å². The molecule has 3 rings (SSSR count). The number of benzene rings is 2. The molecular weight excluding hydrogens is 369 g/mol. The molecule has 0 fully saturated rings. The third kappa shape index (κ3) is 4.82. The highest BCUT2D eigenvalue weighted by molar-refractivity contribution is 7.46. The average molecular weight is 382 g/mol. The molecule has 0 saturated carbocycles. The van der Waals surface area contributed by atoms with Gasteiger partial charge >= 0.3 is 7.82 Å². The molecule has 3 aromatic rings. The van der Waals surface area contributed by atoms with E-state index in [1.807, 2.05) is 27.7 Å². The highest BCUT2D eigenvalue weighted by atomic mass is 35.5. The second kappa shape index (κ2) is 7.36. The summed E-state index contributed by atoms with van der Waals surface area (Å²) in [5.41, 5.74) is 2.88. The molecule has 1 aromatic heterocycles. The highest BCUT2D eigenvalue weighted by Crippen LogP contribution is 2.41. The summed E-state index contributed by atoms with van der Waals surface area (Å²) in [5, 5.41) is 2.34. The van der Waals surface area contributed by atoms with Gasteiger partial charge in [-0.15, -0.1) is 0 Å². The maximum Gasteiger partial charge on any atom is 0.372 e. The van der Waals surface area contributed by atoms with E-state index in [2.05, 4.69) is 0 Å². The van der Waals surface area contributed by atoms with Crippen molar-refractivity contribution in [3.05, 3.63) is 76.2 Å². The first-order valence-electron chi connectivity index (χ1n) is 6.96. The molecule has 24 heavy (non-hydrogen) atoms. The Morgan fingerprint density at radius 1 is 1.12 bits per heavy atom. The van der Waals surface area contributed by atoms with Crippen LogP contribution in [0.25, 0.3) is 0 Å². The van der Waals surface area contributed by atoms with Crippen LogP contribution in [0.2, 0.25) is 5.02 Å². The molecule has 5 nitrogen and oxygen atoms in total. The number of phosphoric acid groups is 1. The molecule has 0 aliphatic heterocycles. The molecule has 0 saturated heterocycles.